The van der Waals surface area contributed by atoms with Crippen molar-refractivity contribution in [3.05, 3.63) is 28.7 Å². The molecule has 0 aromatic carbocycles. The van der Waals surface area contributed by atoms with Crippen LogP contribution in [0.4, 0.5) is 0 Å². The Labute approximate surface area is 135 Å². The third-order valence-corrected chi connectivity index (χ3v) is 5.00. The van der Waals surface area contributed by atoms with Gasteiger partial charge >= 0.3 is 0 Å². The number of ether oxygens (including phenoxy) is 1. The molecule has 2 heterocycles. The Morgan fingerprint density at radius 1 is 1.43 bits per heavy atom. The van der Waals surface area contributed by atoms with Crippen molar-refractivity contribution in [1.82, 2.24) is 9.47 Å². The lowest BCUT2D eigenvalue weighted by atomic mass is 10.00. The molecule has 23 heavy (non-hydrogen) atoms. The van der Waals surface area contributed by atoms with Gasteiger partial charge in [-0.1, -0.05) is 0 Å². The van der Waals surface area contributed by atoms with E-state index in [0.29, 0.717) is 13.1 Å². The number of rotatable bonds is 5. The second kappa shape index (κ2) is 7.16. The number of hydrogen-bond donors (Lipinski definition) is 0. The van der Waals surface area contributed by atoms with Crippen LogP contribution in [0, 0.1) is 5.92 Å². The molecule has 1 amide bonds. The molecule has 1 atom stereocenters. The highest BCUT2D eigenvalue weighted by molar-refractivity contribution is 7.90. The van der Waals surface area contributed by atoms with Gasteiger partial charge in [-0.25, -0.2) is 8.42 Å². The first-order valence-corrected chi connectivity index (χ1v) is 9.55. The van der Waals surface area contributed by atoms with Crippen LogP contribution in [0.5, 0.6) is 5.75 Å². The SMILES string of the molecule is COc1cccn(CC(=O)N2CCCC(CS(C)(=O)=O)C2)c1=O. The lowest BCUT2D eigenvalue weighted by Crippen LogP contribution is -2.44. The lowest BCUT2D eigenvalue weighted by molar-refractivity contribution is -0.133. The van der Waals surface area contributed by atoms with Crippen LogP contribution >= 0.6 is 0 Å². The average molecular weight is 342 g/mol. The predicted molar refractivity (Wildman–Crippen MR) is 86.3 cm³/mol. The fraction of sp³-hybridized carbons (Fsp3) is 0.600. The summed E-state index contributed by atoms with van der Waals surface area (Å²) >= 11 is 0. The van der Waals surface area contributed by atoms with Crippen LogP contribution in [0.1, 0.15) is 12.8 Å². The van der Waals surface area contributed by atoms with Crippen molar-refractivity contribution >= 4 is 15.7 Å². The summed E-state index contributed by atoms with van der Waals surface area (Å²) in [5.41, 5.74) is -0.354. The van der Waals surface area contributed by atoms with E-state index in [4.69, 9.17) is 4.74 Å². The summed E-state index contributed by atoms with van der Waals surface area (Å²) in [6.45, 7) is 0.948. The van der Waals surface area contributed by atoms with Crippen molar-refractivity contribution < 1.29 is 17.9 Å². The van der Waals surface area contributed by atoms with Crippen LogP contribution in [-0.2, 0) is 21.2 Å². The molecule has 1 aromatic rings. The minimum atomic E-state index is -3.06. The second-order valence-corrected chi connectivity index (χ2v) is 8.13. The van der Waals surface area contributed by atoms with Gasteiger partial charge in [0.2, 0.25) is 5.91 Å². The highest BCUT2D eigenvalue weighted by atomic mass is 32.2. The molecule has 1 aliphatic heterocycles. The number of amides is 1. The molecular weight excluding hydrogens is 320 g/mol. The summed E-state index contributed by atoms with van der Waals surface area (Å²) in [4.78, 5) is 26.1. The third-order valence-electron chi connectivity index (χ3n) is 3.92. The number of hydrogen-bond acceptors (Lipinski definition) is 5. The van der Waals surface area contributed by atoms with Crippen LogP contribution in [-0.4, -0.2) is 56.0 Å². The molecule has 0 bridgehead atoms. The molecular formula is C15H22N2O5S. The molecule has 0 spiro atoms. The van der Waals surface area contributed by atoms with E-state index in [1.54, 1.807) is 23.2 Å². The molecule has 8 heteroatoms. The van der Waals surface area contributed by atoms with E-state index in [1.165, 1.54) is 17.9 Å². The summed E-state index contributed by atoms with van der Waals surface area (Å²) in [5, 5.41) is 0. The molecule has 0 N–H and O–H groups in total. The van der Waals surface area contributed by atoms with Gasteiger partial charge in [-0.2, -0.15) is 0 Å². The Morgan fingerprint density at radius 2 is 2.17 bits per heavy atom. The van der Waals surface area contributed by atoms with Crippen molar-refractivity contribution in [3.8, 4) is 5.75 Å². The van der Waals surface area contributed by atoms with E-state index >= 15 is 0 Å². The molecule has 1 unspecified atom stereocenters. The maximum atomic E-state index is 12.4. The number of nitrogens with zero attached hydrogens (tertiary/aromatic N) is 2. The fourth-order valence-electron chi connectivity index (χ4n) is 2.90. The van der Waals surface area contributed by atoms with E-state index in [-0.39, 0.29) is 35.4 Å². The van der Waals surface area contributed by atoms with Crippen molar-refractivity contribution in [2.24, 2.45) is 5.92 Å². The van der Waals surface area contributed by atoms with Gasteiger partial charge in [0.1, 0.15) is 16.4 Å². The van der Waals surface area contributed by atoms with Crippen molar-refractivity contribution in [2.45, 2.75) is 19.4 Å². The molecule has 1 saturated heterocycles. The summed E-state index contributed by atoms with van der Waals surface area (Å²) < 4.78 is 29.1. The number of aromatic nitrogens is 1. The van der Waals surface area contributed by atoms with Gasteiger partial charge in [0.15, 0.2) is 5.75 Å². The third kappa shape index (κ3) is 4.82. The summed E-state index contributed by atoms with van der Waals surface area (Å²) in [6.07, 6.45) is 4.33. The van der Waals surface area contributed by atoms with Gasteiger partial charge in [0.05, 0.1) is 12.9 Å². The largest absolute Gasteiger partial charge is 0.491 e. The Morgan fingerprint density at radius 3 is 2.83 bits per heavy atom. The number of carbonyl (C=O) groups excluding carboxylic acids is 1. The van der Waals surface area contributed by atoms with E-state index in [0.717, 1.165) is 12.8 Å². The molecule has 1 aliphatic rings. The van der Waals surface area contributed by atoms with Gasteiger partial charge < -0.3 is 14.2 Å². The fourth-order valence-corrected chi connectivity index (χ4v) is 4.02. The van der Waals surface area contributed by atoms with Crippen molar-refractivity contribution in [1.29, 1.82) is 0 Å². The quantitative estimate of drug-likeness (QED) is 0.760. The second-order valence-electron chi connectivity index (χ2n) is 5.95. The van der Waals surface area contributed by atoms with E-state index in [1.807, 2.05) is 0 Å². The molecule has 0 aliphatic carbocycles. The predicted octanol–water partition coefficient (Wildman–Crippen LogP) is 0.140. The number of likely N-dealkylation sites (tertiary alicyclic amines) is 1. The maximum absolute atomic E-state index is 12.4. The van der Waals surface area contributed by atoms with Gasteiger partial charge in [0, 0.05) is 25.5 Å². The van der Waals surface area contributed by atoms with E-state index < -0.39 is 9.84 Å². The zero-order valence-corrected chi connectivity index (χ0v) is 14.2. The number of methoxy groups -OCH3 is 1. The zero-order valence-electron chi connectivity index (χ0n) is 13.4. The minimum Gasteiger partial charge on any atom is -0.491 e. The highest BCUT2D eigenvalue weighted by Crippen LogP contribution is 2.18. The Bertz CT molecular complexity index is 726. The zero-order chi connectivity index (χ0) is 17.0. The van der Waals surface area contributed by atoms with Crippen LogP contribution in [0.15, 0.2) is 23.1 Å². The van der Waals surface area contributed by atoms with Crippen molar-refractivity contribution in [3.63, 3.8) is 0 Å². The lowest BCUT2D eigenvalue weighted by Gasteiger charge is -2.32. The number of carbonyl (C=O) groups is 1. The Balaban J connectivity index is 2.05. The summed E-state index contributed by atoms with van der Waals surface area (Å²) in [6, 6.07) is 3.20. The molecule has 0 radical (unpaired) electrons. The van der Waals surface area contributed by atoms with E-state index in [9.17, 15) is 18.0 Å². The average Bonchev–Trinajstić information content (AvgIpc) is 2.48. The first kappa shape index (κ1) is 17.5. The first-order chi connectivity index (χ1) is 10.8. The van der Waals surface area contributed by atoms with Gasteiger partial charge in [-0.3, -0.25) is 9.59 Å². The summed E-state index contributed by atoms with van der Waals surface area (Å²) in [5.74, 6) is 0.0628. The van der Waals surface area contributed by atoms with Gasteiger partial charge in [-0.05, 0) is 30.9 Å². The van der Waals surface area contributed by atoms with Gasteiger partial charge in [-0.15, -0.1) is 0 Å². The minimum absolute atomic E-state index is 0.0373. The van der Waals surface area contributed by atoms with Crippen molar-refractivity contribution in [2.75, 3.05) is 32.2 Å². The molecule has 1 fully saturated rings. The Kier molecular flexibility index (Phi) is 5.46. The molecule has 128 valence electrons. The standard InChI is InChI=1S/C15H22N2O5S/c1-22-13-6-4-8-17(15(13)19)10-14(18)16-7-3-5-12(9-16)11-23(2,20)21/h4,6,8,12H,3,5,7,9-11H2,1-2H3. The number of piperidine rings is 1. The first-order valence-electron chi connectivity index (χ1n) is 7.49. The molecule has 0 saturated carbocycles. The van der Waals surface area contributed by atoms with Crippen LogP contribution < -0.4 is 10.3 Å². The number of pyridine rings is 1. The maximum Gasteiger partial charge on any atom is 0.293 e. The molecule has 1 aromatic heterocycles. The van der Waals surface area contributed by atoms with Crippen LogP contribution in [0.3, 0.4) is 0 Å². The highest BCUT2D eigenvalue weighted by Gasteiger charge is 2.26. The normalized spacial score (nSPS) is 18.7. The Hall–Kier alpha value is -1.83. The van der Waals surface area contributed by atoms with Gasteiger partial charge in [0.25, 0.3) is 5.56 Å². The summed E-state index contributed by atoms with van der Waals surface area (Å²) in [7, 11) is -1.65. The van der Waals surface area contributed by atoms with Crippen LogP contribution in [0.2, 0.25) is 0 Å². The topological polar surface area (TPSA) is 85.7 Å². The molecule has 2 rings (SSSR count). The monoisotopic (exact) mass is 342 g/mol. The number of sulfone groups is 1. The van der Waals surface area contributed by atoms with Crippen LogP contribution in [0.25, 0.3) is 0 Å². The smallest absolute Gasteiger partial charge is 0.293 e. The van der Waals surface area contributed by atoms with E-state index in [2.05, 4.69) is 0 Å². The molecule has 7 nitrogen and oxygen atoms in total.